The third kappa shape index (κ3) is 3.19. The van der Waals surface area contributed by atoms with E-state index in [9.17, 15) is 0 Å². The average molecular weight is 442 g/mol. The van der Waals surface area contributed by atoms with Crippen molar-refractivity contribution >= 4 is 44.2 Å². The summed E-state index contributed by atoms with van der Waals surface area (Å²) in [7, 11) is 0. The van der Waals surface area contributed by atoms with Gasteiger partial charge in [-0.25, -0.2) is 0 Å². The Hall–Kier alpha value is -0.550. The zero-order valence-electron chi connectivity index (χ0n) is 11.4. The molecule has 0 atom stereocenters. The second kappa shape index (κ2) is 6.06. The van der Waals surface area contributed by atoms with E-state index in [0.29, 0.717) is 12.0 Å². The minimum Gasteiger partial charge on any atom is -0.382 e. The number of benzene rings is 2. The van der Waals surface area contributed by atoms with Gasteiger partial charge < -0.3 is 5.32 Å². The van der Waals surface area contributed by atoms with Gasteiger partial charge in [0.2, 0.25) is 0 Å². The van der Waals surface area contributed by atoms with Crippen LogP contribution in [0, 0.1) is 10.5 Å². The van der Waals surface area contributed by atoms with Crippen molar-refractivity contribution in [1.29, 1.82) is 0 Å². The van der Waals surface area contributed by atoms with E-state index in [0.717, 1.165) is 0 Å². The number of aryl methyl sites for hydroxylation is 1. The lowest BCUT2D eigenvalue weighted by Gasteiger charge is -2.37. The highest BCUT2D eigenvalue weighted by atomic mass is 127. The molecule has 0 saturated heterocycles. The summed E-state index contributed by atoms with van der Waals surface area (Å²) in [4.78, 5) is 0. The Balaban J connectivity index is 1.61. The van der Waals surface area contributed by atoms with Crippen LogP contribution in [0.2, 0.25) is 0 Å². The second-order valence-corrected chi connectivity index (χ2v) is 7.69. The predicted molar refractivity (Wildman–Crippen MR) is 97.4 cm³/mol. The topological polar surface area (TPSA) is 12.0 Å². The van der Waals surface area contributed by atoms with Gasteiger partial charge in [0.25, 0.3) is 0 Å². The van der Waals surface area contributed by atoms with Gasteiger partial charge >= 0.3 is 0 Å². The molecule has 20 heavy (non-hydrogen) atoms. The molecule has 3 heteroatoms. The zero-order chi connectivity index (χ0) is 14.1. The van der Waals surface area contributed by atoms with Gasteiger partial charge in [-0.3, -0.25) is 0 Å². The van der Waals surface area contributed by atoms with Crippen LogP contribution >= 0.6 is 38.5 Å². The smallest absolute Gasteiger partial charge is 0.0372 e. The van der Waals surface area contributed by atoms with Crippen molar-refractivity contribution in [2.24, 2.45) is 0 Å². The molecular weight excluding hydrogens is 425 g/mol. The lowest BCUT2D eigenvalue weighted by atomic mass is 9.76. The third-order valence-electron chi connectivity index (χ3n) is 4.01. The van der Waals surface area contributed by atoms with E-state index in [1.54, 1.807) is 0 Å². The summed E-state index contributed by atoms with van der Waals surface area (Å²) in [5.74, 6) is 0.703. The normalized spacial score (nSPS) is 21.4. The van der Waals surface area contributed by atoms with Crippen LogP contribution in [0.4, 0.5) is 5.69 Å². The summed E-state index contributed by atoms with van der Waals surface area (Å²) < 4.78 is 2.48. The van der Waals surface area contributed by atoms with E-state index in [1.807, 2.05) is 0 Å². The summed E-state index contributed by atoms with van der Waals surface area (Å²) in [6.45, 7) is 2.18. The van der Waals surface area contributed by atoms with Crippen LogP contribution in [0.15, 0.2) is 46.9 Å². The van der Waals surface area contributed by atoms with E-state index in [2.05, 4.69) is 93.2 Å². The van der Waals surface area contributed by atoms with Crippen LogP contribution in [0.1, 0.15) is 29.9 Å². The molecular formula is C17H17BrIN. The van der Waals surface area contributed by atoms with Gasteiger partial charge in [-0.2, -0.15) is 0 Å². The molecule has 0 heterocycles. The van der Waals surface area contributed by atoms with Gasteiger partial charge in [-0.05, 0) is 89.7 Å². The van der Waals surface area contributed by atoms with Crippen molar-refractivity contribution in [2.75, 3.05) is 5.32 Å². The Labute approximate surface area is 142 Å². The summed E-state index contributed by atoms with van der Waals surface area (Å²) in [6.07, 6.45) is 2.45. The Morgan fingerprint density at radius 3 is 2.65 bits per heavy atom. The lowest BCUT2D eigenvalue weighted by Crippen LogP contribution is -2.34. The molecule has 1 aliphatic carbocycles. The Morgan fingerprint density at radius 1 is 1.15 bits per heavy atom. The lowest BCUT2D eigenvalue weighted by molar-refractivity contribution is 0.374. The first-order chi connectivity index (χ1) is 9.61. The van der Waals surface area contributed by atoms with E-state index < -0.39 is 0 Å². The Morgan fingerprint density at radius 2 is 1.95 bits per heavy atom. The van der Waals surface area contributed by atoms with Crippen molar-refractivity contribution < 1.29 is 0 Å². The van der Waals surface area contributed by atoms with Gasteiger partial charge in [0.05, 0.1) is 0 Å². The molecule has 0 unspecified atom stereocenters. The number of hydrogen-bond donors (Lipinski definition) is 1. The number of rotatable bonds is 3. The molecule has 3 rings (SSSR count). The van der Waals surface area contributed by atoms with E-state index in [-0.39, 0.29) is 0 Å². The first-order valence-electron chi connectivity index (χ1n) is 6.90. The van der Waals surface area contributed by atoms with Crippen LogP contribution in [0.5, 0.6) is 0 Å². The van der Waals surface area contributed by atoms with Crippen LogP contribution in [-0.2, 0) is 0 Å². The molecule has 1 nitrogen and oxygen atoms in total. The van der Waals surface area contributed by atoms with E-state index in [1.165, 1.54) is 37.7 Å². The number of hydrogen-bond acceptors (Lipinski definition) is 1. The average Bonchev–Trinajstić information content (AvgIpc) is 2.35. The van der Waals surface area contributed by atoms with Gasteiger partial charge in [-0.1, -0.05) is 28.1 Å². The molecule has 0 amide bonds. The number of nitrogens with one attached hydrogen (secondary N) is 1. The molecule has 2 aromatic rings. The fourth-order valence-corrected chi connectivity index (χ4v) is 3.84. The molecule has 0 aliphatic heterocycles. The van der Waals surface area contributed by atoms with Crippen LogP contribution in [0.25, 0.3) is 0 Å². The molecule has 0 spiro atoms. The summed E-state index contributed by atoms with van der Waals surface area (Å²) in [5.41, 5.74) is 4.07. The van der Waals surface area contributed by atoms with E-state index in [4.69, 9.17) is 0 Å². The van der Waals surface area contributed by atoms with E-state index >= 15 is 0 Å². The third-order valence-corrected chi connectivity index (χ3v) is 5.17. The van der Waals surface area contributed by atoms with Crippen molar-refractivity contribution in [3.8, 4) is 0 Å². The van der Waals surface area contributed by atoms with Crippen LogP contribution in [-0.4, -0.2) is 6.04 Å². The Bertz CT molecular complexity index is 620. The first-order valence-corrected chi connectivity index (χ1v) is 8.77. The van der Waals surface area contributed by atoms with Gasteiger partial charge in [-0.15, -0.1) is 0 Å². The monoisotopic (exact) mass is 441 g/mol. The maximum atomic E-state index is 3.67. The zero-order valence-corrected chi connectivity index (χ0v) is 15.1. The maximum absolute atomic E-state index is 3.67. The minimum atomic E-state index is 0.609. The van der Waals surface area contributed by atoms with Crippen molar-refractivity contribution in [2.45, 2.75) is 31.7 Å². The molecule has 1 fully saturated rings. The predicted octanol–water partition coefficient (Wildman–Crippen LogP) is 5.72. The second-order valence-electron chi connectivity index (χ2n) is 5.52. The number of anilines is 1. The maximum Gasteiger partial charge on any atom is 0.0372 e. The minimum absolute atomic E-state index is 0.609. The summed E-state index contributed by atoms with van der Waals surface area (Å²) >= 11 is 5.91. The molecule has 0 bridgehead atoms. The highest BCUT2D eigenvalue weighted by molar-refractivity contribution is 14.1. The molecule has 2 aromatic carbocycles. The van der Waals surface area contributed by atoms with Gasteiger partial charge in [0.15, 0.2) is 0 Å². The van der Waals surface area contributed by atoms with Crippen LogP contribution < -0.4 is 5.32 Å². The van der Waals surface area contributed by atoms with Gasteiger partial charge in [0.1, 0.15) is 0 Å². The fraction of sp³-hybridized carbons (Fsp3) is 0.294. The SMILES string of the molecule is Cc1cc(I)ccc1NC1CC(c2cccc(Br)c2)C1. The molecule has 1 aliphatic rings. The number of halogens is 2. The highest BCUT2D eigenvalue weighted by Gasteiger charge is 2.30. The summed E-state index contributed by atoms with van der Waals surface area (Å²) in [6, 6.07) is 15.9. The molecule has 104 valence electrons. The van der Waals surface area contributed by atoms with Crippen LogP contribution in [0.3, 0.4) is 0 Å². The molecule has 0 radical (unpaired) electrons. The quantitative estimate of drug-likeness (QED) is 0.600. The largest absolute Gasteiger partial charge is 0.382 e. The fourth-order valence-electron chi connectivity index (χ4n) is 2.78. The first kappa shape index (κ1) is 14.4. The molecule has 1 saturated carbocycles. The standard InChI is InChI=1S/C17H17BrIN/c1-11-7-15(19)5-6-17(11)20-16-9-13(10-16)12-3-2-4-14(18)8-12/h2-8,13,16,20H,9-10H2,1H3. The summed E-state index contributed by atoms with van der Waals surface area (Å²) in [5, 5.41) is 3.67. The van der Waals surface area contributed by atoms with Crippen molar-refractivity contribution in [3.63, 3.8) is 0 Å². The van der Waals surface area contributed by atoms with Crippen molar-refractivity contribution in [3.05, 3.63) is 61.6 Å². The van der Waals surface area contributed by atoms with Crippen molar-refractivity contribution in [1.82, 2.24) is 0 Å². The molecule has 0 aromatic heterocycles. The van der Waals surface area contributed by atoms with Gasteiger partial charge in [0, 0.05) is 19.8 Å². The Kier molecular flexibility index (Phi) is 4.36. The highest BCUT2D eigenvalue weighted by Crippen LogP contribution is 2.39. The molecule has 1 N–H and O–H groups in total.